The van der Waals surface area contributed by atoms with E-state index in [0.717, 1.165) is 0 Å². The molecular formula is HAgNO2. The standard InChI is InChI=1S/Ag.HNO2/c;2-1-3/h;1H. The molecule has 0 amide bonds. The molecule has 0 aliphatic rings. The first-order valence-electron chi connectivity index (χ1n) is 0.408. The van der Waals surface area contributed by atoms with Gasteiger partial charge in [0.2, 0.25) is 0 Å². The van der Waals surface area contributed by atoms with Gasteiger partial charge in [0.1, 0.15) is 0 Å². The van der Waals surface area contributed by atoms with Crippen LogP contribution in [0.1, 0.15) is 0 Å². The van der Waals surface area contributed by atoms with Crippen molar-refractivity contribution < 1.29 is 27.7 Å². The number of hydrogen-bond acceptors (Lipinski definition) is 2. The van der Waals surface area contributed by atoms with Gasteiger partial charge < -0.3 is 0 Å². The zero-order valence-corrected chi connectivity index (χ0v) is 3.10. The van der Waals surface area contributed by atoms with Crippen molar-refractivity contribution in [2.75, 3.05) is 0 Å². The van der Waals surface area contributed by atoms with Gasteiger partial charge in [-0.05, 0) is 0 Å². The van der Waals surface area contributed by atoms with Gasteiger partial charge in [0.05, 0.1) is 0 Å². The van der Waals surface area contributed by atoms with Crippen molar-refractivity contribution >= 4 is 0 Å². The van der Waals surface area contributed by atoms with E-state index < -0.39 is 0 Å². The third-order valence-electron chi connectivity index (χ3n) is 0. The van der Waals surface area contributed by atoms with E-state index in [2.05, 4.69) is 0 Å². The van der Waals surface area contributed by atoms with Crippen molar-refractivity contribution in [3.63, 3.8) is 0 Å². The van der Waals surface area contributed by atoms with Crippen molar-refractivity contribution in [1.82, 2.24) is 0 Å². The zero-order chi connectivity index (χ0) is 2.71. The van der Waals surface area contributed by atoms with Crippen LogP contribution in [0, 0.1) is 10.1 Å². The average Bonchev–Trinajstić information content (AvgIpc) is 0.918. The molecule has 3 nitrogen and oxygen atoms in total. The van der Waals surface area contributed by atoms with Crippen molar-refractivity contribution in [2.24, 2.45) is 0 Å². The molecule has 1 radical (unpaired) electrons. The Kier molecular flexibility index (Phi) is 24.7. The molecule has 0 saturated heterocycles. The minimum atomic E-state index is 0. The molecule has 0 saturated carbocycles. The smallest absolute Gasteiger partial charge is 0.00366 e. The SMILES string of the molecule is O=[NH+][O-].[Ag]. The Labute approximate surface area is 38.5 Å². The molecule has 0 aliphatic heterocycles. The van der Waals surface area contributed by atoms with E-state index in [-0.39, 0.29) is 27.7 Å². The predicted molar refractivity (Wildman–Crippen MR) is 7.70 cm³/mol. The molecule has 0 aliphatic carbocycles. The van der Waals surface area contributed by atoms with Crippen LogP contribution in [0.15, 0.2) is 0 Å². The summed E-state index contributed by atoms with van der Waals surface area (Å²) in [4.78, 5) is 8.12. The van der Waals surface area contributed by atoms with Crippen LogP contribution in [0.25, 0.3) is 0 Å². The van der Waals surface area contributed by atoms with Gasteiger partial charge >= 0.3 is 0 Å². The van der Waals surface area contributed by atoms with Gasteiger partial charge in [-0.15, -0.1) is 0 Å². The molecule has 0 aromatic heterocycles. The Morgan fingerprint density at radius 1 is 1.75 bits per heavy atom. The Bertz CT molecular complexity index is 13.5. The monoisotopic (exact) mass is 154 g/mol. The maximum atomic E-state index is 8.12. The van der Waals surface area contributed by atoms with Crippen LogP contribution in [0.4, 0.5) is 0 Å². The normalized spacial score (nSPS) is 3.00. The molecule has 0 heterocycles. The summed E-state index contributed by atoms with van der Waals surface area (Å²) in [6.45, 7) is 0. The van der Waals surface area contributed by atoms with Gasteiger partial charge in [-0.1, -0.05) is 0 Å². The first-order valence-corrected chi connectivity index (χ1v) is 0.408. The minimum Gasteiger partial charge on any atom is -0.267 e. The van der Waals surface area contributed by atoms with Gasteiger partial charge in [0.15, 0.2) is 0 Å². The maximum Gasteiger partial charge on any atom is 0.00366 e. The number of nitrogens with one attached hydrogen (secondary N) is 1. The van der Waals surface area contributed by atoms with Crippen LogP contribution in [-0.2, 0) is 22.4 Å². The molecule has 0 bridgehead atoms. The molecule has 0 rings (SSSR count). The van der Waals surface area contributed by atoms with Gasteiger partial charge in [-0.3, -0.25) is 10.1 Å². The summed E-state index contributed by atoms with van der Waals surface area (Å²) in [7, 11) is 0. The third-order valence-corrected chi connectivity index (χ3v) is 0. The van der Waals surface area contributed by atoms with E-state index in [1.54, 1.807) is 0 Å². The maximum absolute atomic E-state index is 8.12. The summed E-state index contributed by atoms with van der Waals surface area (Å²) in [5.41, 5.74) is 0. The second kappa shape index (κ2) is 11.1. The van der Waals surface area contributed by atoms with Crippen LogP contribution < -0.4 is 5.34 Å². The number of rotatable bonds is 0. The molecule has 0 aromatic carbocycles. The molecule has 0 unspecified atom stereocenters. The third kappa shape index (κ3) is 141. The fourth-order valence-corrected chi connectivity index (χ4v) is 0. The summed E-state index contributed by atoms with van der Waals surface area (Å²) >= 11 is 0. The second-order valence-electron chi connectivity index (χ2n) is 0.0833. The molecular weight excluding hydrogens is 154 g/mol. The van der Waals surface area contributed by atoms with E-state index >= 15 is 0 Å². The van der Waals surface area contributed by atoms with Crippen LogP contribution in [0.5, 0.6) is 0 Å². The van der Waals surface area contributed by atoms with Crippen LogP contribution in [0.3, 0.4) is 0 Å². The Morgan fingerprint density at radius 2 is 1.75 bits per heavy atom. The fraction of sp³-hybridized carbons (Fsp3) is 0. The van der Waals surface area contributed by atoms with Crippen LogP contribution in [0.2, 0.25) is 0 Å². The van der Waals surface area contributed by atoms with E-state index in [1.807, 2.05) is 0 Å². The predicted octanol–water partition coefficient (Wildman–Crippen LogP) is -1.67. The van der Waals surface area contributed by atoms with Crippen LogP contribution in [-0.4, -0.2) is 0 Å². The fourth-order valence-electron chi connectivity index (χ4n) is 0. The van der Waals surface area contributed by atoms with Gasteiger partial charge in [0.25, 0.3) is 0 Å². The van der Waals surface area contributed by atoms with E-state index in [1.165, 1.54) is 0 Å². The zero-order valence-electron chi connectivity index (χ0n) is 1.62. The molecule has 0 aromatic rings. The summed E-state index contributed by atoms with van der Waals surface area (Å²) in [5, 5.41) is 8.38. The quantitative estimate of drug-likeness (QED) is 0.258. The molecule has 4 heteroatoms. The van der Waals surface area contributed by atoms with Gasteiger partial charge in [-0.2, -0.15) is 0 Å². The van der Waals surface area contributed by atoms with Gasteiger partial charge in [0, 0.05) is 27.7 Å². The van der Waals surface area contributed by atoms with Crippen molar-refractivity contribution in [2.45, 2.75) is 0 Å². The average molecular weight is 155 g/mol. The summed E-state index contributed by atoms with van der Waals surface area (Å²) in [6, 6.07) is 0. The van der Waals surface area contributed by atoms with Gasteiger partial charge in [-0.25, -0.2) is 0 Å². The van der Waals surface area contributed by atoms with E-state index in [0.29, 0.717) is 0 Å². The minimum absolute atomic E-state index is 0. The molecule has 0 spiro atoms. The summed E-state index contributed by atoms with van der Waals surface area (Å²) in [6.07, 6.45) is 0. The summed E-state index contributed by atoms with van der Waals surface area (Å²) < 4.78 is 0. The first-order chi connectivity index (χ1) is 1.41. The van der Waals surface area contributed by atoms with E-state index in [4.69, 9.17) is 10.1 Å². The van der Waals surface area contributed by atoms with Crippen molar-refractivity contribution in [3.05, 3.63) is 10.1 Å². The Balaban J connectivity index is 0. The Hall–Kier alpha value is 0.140. The molecule has 4 heavy (non-hydrogen) atoms. The topological polar surface area (TPSA) is 54.1 Å². The number of hydrogen-bond donors (Lipinski definition) is 1. The van der Waals surface area contributed by atoms with Crippen LogP contribution >= 0.6 is 0 Å². The summed E-state index contributed by atoms with van der Waals surface area (Å²) in [5.74, 6) is 0. The first kappa shape index (κ1) is 8.91. The van der Waals surface area contributed by atoms with Crippen molar-refractivity contribution in [1.29, 1.82) is 0 Å². The molecule has 0 atom stereocenters. The molecule has 0 fully saturated rings. The Morgan fingerprint density at radius 3 is 1.75 bits per heavy atom. The molecule has 1 N–H and O–H groups in total. The second-order valence-corrected chi connectivity index (χ2v) is 0.0833. The molecule has 29 valence electrons. The largest absolute Gasteiger partial charge is 0.267 e. The van der Waals surface area contributed by atoms with Crippen molar-refractivity contribution in [3.8, 4) is 0 Å². The van der Waals surface area contributed by atoms with E-state index in [9.17, 15) is 0 Å².